The van der Waals surface area contributed by atoms with Crippen LogP contribution in [0.25, 0.3) is 0 Å². The highest BCUT2D eigenvalue weighted by atomic mass is 16.7. The Hall–Kier alpha value is -1.14. The van der Waals surface area contributed by atoms with E-state index in [1.807, 2.05) is 13.8 Å². The van der Waals surface area contributed by atoms with Crippen LogP contribution >= 0.6 is 0 Å². The maximum absolute atomic E-state index is 11.7. The number of nitrogens with zero attached hydrogens (tertiary/aromatic N) is 1. The Labute approximate surface area is 99.5 Å². The lowest BCUT2D eigenvalue weighted by Gasteiger charge is -2.38. The second kappa shape index (κ2) is 4.27. The van der Waals surface area contributed by atoms with Crippen LogP contribution in [0.3, 0.4) is 0 Å². The lowest BCUT2D eigenvalue weighted by molar-refractivity contribution is -0.262. The van der Waals surface area contributed by atoms with Crippen LogP contribution in [0.2, 0.25) is 0 Å². The number of amides is 1. The summed E-state index contributed by atoms with van der Waals surface area (Å²) in [6.45, 7) is 4.67. The number of carbonyl (C=O) groups is 2. The van der Waals surface area contributed by atoms with Crippen molar-refractivity contribution >= 4 is 11.9 Å². The van der Waals surface area contributed by atoms with Crippen LogP contribution in [0.15, 0.2) is 0 Å². The second-order valence-electron chi connectivity index (χ2n) is 4.96. The van der Waals surface area contributed by atoms with Gasteiger partial charge >= 0.3 is 5.97 Å². The first-order valence-corrected chi connectivity index (χ1v) is 5.69. The van der Waals surface area contributed by atoms with Gasteiger partial charge in [0.15, 0.2) is 5.79 Å². The zero-order chi connectivity index (χ0) is 12.6. The van der Waals surface area contributed by atoms with Crippen molar-refractivity contribution in [1.29, 1.82) is 0 Å². The summed E-state index contributed by atoms with van der Waals surface area (Å²) in [5.41, 5.74) is 0. The Morgan fingerprint density at radius 2 is 2.00 bits per heavy atom. The molecule has 17 heavy (non-hydrogen) atoms. The third-order valence-corrected chi connectivity index (χ3v) is 3.20. The number of ether oxygens (including phenoxy) is 2. The molecule has 0 aromatic heterocycles. The molecule has 1 amide bonds. The summed E-state index contributed by atoms with van der Waals surface area (Å²) >= 11 is 0. The van der Waals surface area contributed by atoms with Gasteiger partial charge in [-0.25, -0.2) is 0 Å². The molecule has 2 saturated heterocycles. The molecular weight excluding hydrogens is 226 g/mol. The summed E-state index contributed by atoms with van der Waals surface area (Å²) in [6, 6.07) is -0.167. The largest absolute Gasteiger partial charge is 0.481 e. The minimum atomic E-state index is -0.918. The molecule has 6 heteroatoms. The van der Waals surface area contributed by atoms with Gasteiger partial charge in [-0.1, -0.05) is 0 Å². The summed E-state index contributed by atoms with van der Waals surface area (Å²) in [7, 11) is 0. The van der Waals surface area contributed by atoms with Crippen LogP contribution in [0.1, 0.15) is 20.3 Å². The number of hydrogen-bond acceptors (Lipinski definition) is 4. The number of likely N-dealkylation sites (tertiary alicyclic amines) is 1. The van der Waals surface area contributed by atoms with Crippen LogP contribution in [0.4, 0.5) is 0 Å². The minimum Gasteiger partial charge on any atom is -0.481 e. The molecule has 2 fully saturated rings. The molecule has 2 aliphatic heterocycles. The zero-order valence-corrected chi connectivity index (χ0v) is 10.0. The quantitative estimate of drug-likeness (QED) is 0.742. The molecule has 1 N–H and O–H groups in total. The van der Waals surface area contributed by atoms with Gasteiger partial charge in [0, 0.05) is 13.0 Å². The third kappa shape index (κ3) is 2.58. The van der Waals surface area contributed by atoms with Gasteiger partial charge in [-0.15, -0.1) is 0 Å². The van der Waals surface area contributed by atoms with E-state index < -0.39 is 17.7 Å². The highest BCUT2D eigenvalue weighted by Crippen LogP contribution is 2.25. The number of carboxylic acid groups (broad SMARTS) is 1. The van der Waals surface area contributed by atoms with E-state index in [9.17, 15) is 9.59 Å². The maximum Gasteiger partial charge on any atom is 0.308 e. The average molecular weight is 243 g/mol. The number of carbonyl (C=O) groups excluding carboxylic acids is 1. The van der Waals surface area contributed by atoms with Crippen LogP contribution in [-0.4, -0.2) is 53.5 Å². The molecule has 1 unspecified atom stereocenters. The topological polar surface area (TPSA) is 76.1 Å². The van der Waals surface area contributed by atoms with Gasteiger partial charge in [-0.05, 0) is 13.8 Å². The van der Waals surface area contributed by atoms with Crippen molar-refractivity contribution in [1.82, 2.24) is 4.90 Å². The van der Waals surface area contributed by atoms with E-state index in [0.717, 1.165) is 0 Å². The van der Waals surface area contributed by atoms with Crippen LogP contribution in [-0.2, 0) is 19.1 Å². The van der Waals surface area contributed by atoms with Crippen LogP contribution < -0.4 is 0 Å². The van der Waals surface area contributed by atoms with E-state index >= 15 is 0 Å². The van der Waals surface area contributed by atoms with Gasteiger partial charge in [0.05, 0.1) is 25.2 Å². The molecule has 0 radical (unpaired) electrons. The number of rotatable bonds is 2. The first-order chi connectivity index (χ1) is 7.89. The standard InChI is InChI=1S/C11H17NO5/c1-11(2)16-5-8(6-17-11)12-4-7(10(14)15)3-9(12)13/h7-8H,3-6H2,1-2H3,(H,14,15). The van der Waals surface area contributed by atoms with E-state index in [1.54, 1.807) is 4.90 Å². The molecule has 0 aliphatic carbocycles. The van der Waals surface area contributed by atoms with Crippen molar-refractivity contribution in [3.05, 3.63) is 0 Å². The van der Waals surface area contributed by atoms with E-state index in [1.165, 1.54) is 0 Å². The highest BCUT2D eigenvalue weighted by molar-refractivity contribution is 5.86. The normalized spacial score (nSPS) is 29.6. The summed E-state index contributed by atoms with van der Waals surface area (Å²) in [5, 5.41) is 8.89. The van der Waals surface area contributed by atoms with E-state index in [2.05, 4.69) is 0 Å². The molecule has 1 atom stereocenters. The number of carboxylic acids is 1. The van der Waals surface area contributed by atoms with Crippen molar-refractivity contribution in [3.8, 4) is 0 Å². The van der Waals surface area contributed by atoms with E-state index in [0.29, 0.717) is 13.2 Å². The average Bonchev–Trinajstić information content (AvgIpc) is 2.61. The summed E-state index contributed by atoms with van der Waals surface area (Å²) in [5.74, 6) is -2.27. The van der Waals surface area contributed by atoms with Crippen molar-refractivity contribution in [2.24, 2.45) is 5.92 Å². The van der Waals surface area contributed by atoms with E-state index in [-0.39, 0.29) is 24.9 Å². The molecule has 2 aliphatic rings. The summed E-state index contributed by atoms with van der Waals surface area (Å²) < 4.78 is 10.9. The first-order valence-electron chi connectivity index (χ1n) is 5.69. The molecular formula is C11H17NO5. The number of aliphatic carboxylic acids is 1. The minimum absolute atomic E-state index is 0.0786. The van der Waals surface area contributed by atoms with Gasteiger partial charge in [0.25, 0.3) is 0 Å². The highest BCUT2D eigenvalue weighted by Gasteiger charge is 2.40. The Bertz CT molecular complexity index is 331. The summed E-state index contributed by atoms with van der Waals surface area (Å²) in [6.07, 6.45) is 0.0786. The van der Waals surface area contributed by atoms with Gasteiger partial charge in [0.2, 0.25) is 5.91 Å². The van der Waals surface area contributed by atoms with Gasteiger partial charge < -0.3 is 19.5 Å². The molecule has 96 valence electrons. The smallest absolute Gasteiger partial charge is 0.308 e. The Morgan fingerprint density at radius 3 is 2.47 bits per heavy atom. The molecule has 2 rings (SSSR count). The second-order valence-corrected chi connectivity index (χ2v) is 4.96. The van der Waals surface area contributed by atoms with Crippen molar-refractivity contribution in [3.63, 3.8) is 0 Å². The third-order valence-electron chi connectivity index (χ3n) is 3.20. The SMILES string of the molecule is CC1(C)OCC(N2CC(C(=O)O)CC2=O)CO1. The van der Waals surface area contributed by atoms with Crippen molar-refractivity contribution < 1.29 is 24.2 Å². The van der Waals surface area contributed by atoms with Gasteiger partial charge in [-0.2, -0.15) is 0 Å². The monoisotopic (exact) mass is 243 g/mol. The van der Waals surface area contributed by atoms with Crippen molar-refractivity contribution in [2.45, 2.75) is 32.1 Å². The lowest BCUT2D eigenvalue weighted by atomic mass is 10.1. The molecule has 0 bridgehead atoms. The summed E-state index contributed by atoms with van der Waals surface area (Å²) in [4.78, 5) is 24.1. The van der Waals surface area contributed by atoms with Crippen LogP contribution in [0.5, 0.6) is 0 Å². The molecule has 0 saturated carbocycles. The first kappa shape index (κ1) is 12.3. The zero-order valence-electron chi connectivity index (χ0n) is 10.0. The molecule has 0 aromatic carbocycles. The molecule has 0 aromatic rings. The molecule has 6 nitrogen and oxygen atoms in total. The fraction of sp³-hybridized carbons (Fsp3) is 0.818. The van der Waals surface area contributed by atoms with Gasteiger partial charge in [-0.3, -0.25) is 9.59 Å². The fourth-order valence-electron chi connectivity index (χ4n) is 2.11. The predicted octanol–water partition coefficient (Wildman–Crippen LogP) is 0.0710. The van der Waals surface area contributed by atoms with E-state index in [4.69, 9.17) is 14.6 Å². The lowest BCUT2D eigenvalue weighted by Crippen LogP contribution is -2.51. The Kier molecular flexibility index (Phi) is 3.09. The van der Waals surface area contributed by atoms with Crippen LogP contribution in [0, 0.1) is 5.92 Å². The van der Waals surface area contributed by atoms with Crippen molar-refractivity contribution in [2.75, 3.05) is 19.8 Å². The number of hydrogen-bond donors (Lipinski definition) is 1. The Morgan fingerprint density at radius 1 is 1.41 bits per heavy atom. The maximum atomic E-state index is 11.7. The Balaban J connectivity index is 1.96. The fourth-order valence-corrected chi connectivity index (χ4v) is 2.11. The predicted molar refractivity (Wildman–Crippen MR) is 57.2 cm³/mol. The molecule has 0 spiro atoms. The molecule has 2 heterocycles. The van der Waals surface area contributed by atoms with Gasteiger partial charge in [0.1, 0.15) is 0 Å².